The molecule has 1 heterocycles. The van der Waals surface area contributed by atoms with Gasteiger partial charge in [-0.25, -0.2) is 8.42 Å². The molecule has 0 bridgehead atoms. The van der Waals surface area contributed by atoms with E-state index >= 15 is 0 Å². The number of halogens is 1. The lowest BCUT2D eigenvalue weighted by atomic mass is 10.2. The number of nitrogens with zero attached hydrogens (tertiary/aromatic N) is 1. The average molecular weight is 283 g/mol. The Labute approximate surface area is 111 Å². The van der Waals surface area contributed by atoms with E-state index in [0.29, 0.717) is 10.6 Å². The van der Waals surface area contributed by atoms with Crippen molar-refractivity contribution < 1.29 is 8.42 Å². The Bertz CT molecular complexity index is 671. The molecule has 0 saturated heterocycles. The van der Waals surface area contributed by atoms with Crippen molar-refractivity contribution in [3.05, 3.63) is 53.3 Å². The third kappa shape index (κ3) is 2.63. The first-order valence-corrected chi connectivity index (χ1v) is 7.05. The molecular formula is C12H11ClN2O2S. The number of aromatic nitrogens is 1. The highest BCUT2D eigenvalue weighted by atomic mass is 35.5. The third-order valence-corrected chi connectivity index (χ3v) is 4.25. The topological polar surface area (TPSA) is 59.1 Å². The van der Waals surface area contributed by atoms with Crippen LogP contribution < -0.4 is 4.72 Å². The van der Waals surface area contributed by atoms with Crippen molar-refractivity contribution in [2.75, 3.05) is 4.72 Å². The van der Waals surface area contributed by atoms with Crippen LogP contribution in [0, 0.1) is 6.92 Å². The van der Waals surface area contributed by atoms with Crippen molar-refractivity contribution in [1.29, 1.82) is 0 Å². The Morgan fingerprint density at radius 2 is 1.94 bits per heavy atom. The maximum Gasteiger partial charge on any atom is 0.262 e. The fourth-order valence-corrected chi connectivity index (χ4v) is 3.03. The summed E-state index contributed by atoms with van der Waals surface area (Å²) in [6.07, 6.45) is 2.87. The van der Waals surface area contributed by atoms with Gasteiger partial charge in [0, 0.05) is 6.20 Å². The number of sulfonamides is 1. The molecule has 0 aliphatic rings. The summed E-state index contributed by atoms with van der Waals surface area (Å²) in [5, 5.41) is 0.308. The number of rotatable bonds is 3. The number of anilines is 1. The van der Waals surface area contributed by atoms with Crippen molar-refractivity contribution in [1.82, 2.24) is 4.98 Å². The predicted molar refractivity (Wildman–Crippen MR) is 71.2 cm³/mol. The van der Waals surface area contributed by atoms with Crippen LogP contribution in [-0.2, 0) is 10.0 Å². The molecule has 2 aromatic rings. The zero-order valence-electron chi connectivity index (χ0n) is 9.59. The SMILES string of the molecule is Cc1ccccc1S(=O)(=O)Nc1cnccc1Cl. The first kappa shape index (κ1) is 12.9. The number of pyridine rings is 1. The Balaban J connectivity index is 2.40. The van der Waals surface area contributed by atoms with Crippen LogP contribution in [0.2, 0.25) is 5.02 Å². The van der Waals surface area contributed by atoms with E-state index in [9.17, 15) is 8.42 Å². The predicted octanol–water partition coefficient (Wildman–Crippen LogP) is 2.84. The van der Waals surface area contributed by atoms with Crippen molar-refractivity contribution in [3.63, 3.8) is 0 Å². The van der Waals surface area contributed by atoms with Gasteiger partial charge in [-0.1, -0.05) is 29.8 Å². The lowest BCUT2D eigenvalue weighted by Gasteiger charge is -2.10. The molecule has 0 atom stereocenters. The summed E-state index contributed by atoms with van der Waals surface area (Å²) in [6.45, 7) is 1.74. The summed E-state index contributed by atoms with van der Waals surface area (Å²) in [5.74, 6) is 0. The van der Waals surface area contributed by atoms with Gasteiger partial charge in [0.25, 0.3) is 10.0 Å². The van der Waals surface area contributed by atoms with E-state index < -0.39 is 10.0 Å². The normalized spacial score (nSPS) is 11.2. The molecule has 0 spiro atoms. The minimum atomic E-state index is -3.64. The van der Waals surface area contributed by atoms with Crippen molar-refractivity contribution >= 4 is 27.3 Å². The molecule has 1 N–H and O–H groups in total. The number of benzene rings is 1. The summed E-state index contributed by atoms with van der Waals surface area (Å²) in [5.41, 5.74) is 0.937. The van der Waals surface area contributed by atoms with Crippen molar-refractivity contribution in [3.8, 4) is 0 Å². The minimum absolute atomic E-state index is 0.227. The maximum atomic E-state index is 12.2. The number of hydrogen-bond donors (Lipinski definition) is 1. The van der Waals surface area contributed by atoms with Crippen LogP contribution in [0.4, 0.5) is 5.69 Å². The number of aryl methyl sites for hydroxylation is 1. The van der Waals surface area contributed by atoms with E-state index in [4.69, 9.17) is 11.6 Å². The van der Waals surface area contributed by atoms with Gasteiger partial charge >= 0.3 is 0 Å². The summed E-state index contributed by atoms with van der Waals surface area (Å²) in [4.78, 5) is 4.06. The van der Waals surface area contributed by atoms with Gasteiger partial charge in [-0.05, 0) is 24.6 Å². The third-order valence-electron chi connectivity index (χ3n) is 2.40. The summed E-state index contributed by atoms with van der Waals surface area (Å²) in [7, 11) is -3.64. The van der Waals surface area contributed by atoms with Crippen LogP contribution in [0.15, 0.2) is 47.6 Å². The monoisotopic (exact) mass is 282 g/mol. The van der Waals surface area contributed by atoms with Gasteiger partial charge in [-0.3, -0.25) is 9.71 Å². The second-order valence-corrected chi connectivity index (χ2v) is 5.78. The van der Waals surface area contributed by atoms with Gasteiger partial charge < -0.3 is 0 Å². The molecule has 1 aromatic carbocycles. The van der Waals surface area contributed by atoms with Crippen molar-refractivity contribution in [2.45, 2.75) is 11.8 Å². The lowest BCUT2D eigenvalue weighted by molar-refractivity contribution is 0.600. The molecule has 0 unspecified atom stereocenters. The first-order valence-electron chi connectivity index (χ1n) is 5.18. The molecule has 18 heavy (non-hydrogen) atoms. The molecule has 0 fully saturated rings. The molecule has 0 aliphatic carbocycles. The highest BCUT2D eigenvalue weighted by Gasteiger charge is 2.17. The number of nitrogens with one attached hydrogen (secondary N) is 1. The zero-order chi connectivity index (χ0) is 13.2. The lowest BCUT2D eigenvalue weighted by Crippen LogP contribution is -2.14. The van der Waals surface area contributed by atoms with Gasteiger partial charge in [-0.15, -0.1) is 0 Å². The highest BCUT2D eigenvalue weighted by molar-refractivity contribution is 7.92. The summed E-state index contributed by atoms with van der Waals surface area (Å²) < 4.78 is 26.8. The molecular weight excluding hydrogens is 272 g/mol. The molecule has 6 heteroatoms. The van der Waals surface area contributed by atoms with Gasteiger partial charge in [0.15, 0.2) is 0 Å². The maximum absolute atomic E-state index is 12.2. The fraction of sp³-hybridized carbons (Fsp3) is 0.0833. The van der Waals surface area contributed by atoms with Gasteiger partial charge in [0.05, 0.1) is 21.8 Å². The molecule has 0 amide bonds. The van der Waals surface area contributed by atoms with E-state index in [2.05, 4.69) is 9.71 Å². The second-order valence-electron chi connectivity index (χ2n) is 3.73. The van der Waals surface area contributed by atoms with E-state index in [1.165, 1.54) is 18.5 Å². The highest BCUT2D eigenvalue weighted by Crippen LogP contribution is 2.24. The second kappa shape index (κ2) is 4.96. The smallest absolute Gasteiger partial charge is 0.262 e. The molecule has 2 rings (SSSR count). The van der Waals surface area contributed by atoms with E-state index in [0.717, 1.165) is 0 Å². The van der Waals surface area contributed by atoms with Gasteiger partial charge in [0.1, 0.15) is 0 Å². The standard InChI is InChI=1S/C12H11ClN2O2S/c1-9-4-2-3-5-12(9)18(16,17)15-11-8-14-7-6-10(11)13/h2-8,15H,1H3. The Hall–Kier alpha value is -1.59. The van der Waals surface area contributed by atoms with Crippen LogP contribution in [0.3, 0.4) is 0 Å². The Morgan fingerprint density at radius 1 is 1.22 bits per heavy atom. The molecule has 0 radical (unpaired) electrons. The Morgan fingerprint density at radius 3 is 2.61 bits per heavy atom. The van der Waals surface area contributed by atoms with E-state index in [-0.39, 0.29) is 10.6 Å². The van der Waals surface area contributed by atoms with Crippen LogP contribution in [0.25, 0.3) is 0 Å². The summed E-state index contributed by atoms with van der Waals surface area (Å²) in [6, 6.07) is 8.26. The molecule has 1 aromatic heterocycles. The fourth-order valence-electron chi connectivity index (χ4n) is 1.51. The average Bonchev–Trinajstić information content (AvgIpc) is 2.32. The minimum Gasteiger partial charge on any atom is -0.277 e. The first-order chi connectivity index (χ1) is 8.50. The van der Waals surface area contributed by atoms with Crippen molar-refractivity contribution in [2.24, 2.45) is 0 Å². The quantitative estimate of drug-likeness (QED) is 0.942. The van der Waals surface area contributed by atoms with Gasteiger partial charge in [-0.2, -0.15) is 0 Å². The van der Waals surface area contributed by atoms with Crippen LogP contribution in [-0.4, -0.2) is 13.4 Å². The zero-order valence-corrected chi connectivity index (χ0v) is 11.2. The Kier molecular flexibility index (Phi) is 3.54. The number of hydrogen-bond acceptors (Lipinski definition) is 3. The summed E-state index contributed by atoms with van der Waals surface area (Å²) >= 11 is 5.89. The molecule has 94 valence electrons. The van der Waals surface area contributed by atoms with Crippen LogP contribution in [0.1, 0.15) is 5.56 Å². The van der Waals surface area contributed by atoms with E-state index in [1.807, 2.05) is 0 Å². The molecule has 0 aliphatic heterocycles. The molecule has 4 nitrogen and oxygen atoms in total. The largest absolute Gasteiger partial charge is 0.277 e. The van der Waals surface area contributed by atoms with E-state index in [1.54, 1.807) is 31.2 Å². The molecule has 0 saturated carbocycles. The van der Waals surface area contributed by atoms with Crippen LogP contribution in [0.5, 0.6) is 0 Å². The van der Waals surface area contributed by atoms with Crippen LogP contribution >= 0.6 is 11.6 Å². The van der Waals surface area contributed by atoms with Gasteiger partial charge in [0.2, 0.25) is 0 Å².